The highest BCUT2D eigenvalue weighted by Gasteiger charge is 2.35. The summed E-state index contributed by atoms with van der Waals surface area (Å²) in [6.07, 6.45) is 7.45. The lowest BCUT2D eigenvalue weighted by atomic mass is 9.78. The third-order valence-electron chi connectivity index (χ3n) is 5.80. The predicted molar refractivity (Wildman–Crippen MR) is 108 cm³/mol. The summed E-state index contributed by atoms with van der Waals surface area (Å²) in [7, 11) is 0. The van der Waals surface area contributed by atoms with E-state index in [0.717, 1.165) is 31.6 Å². The Kier molecular flexibility index (Phi) is 8.06. The second kappa shape index (κ2) is 10.0. The molecule has 0 saturated carbocycles. The van der Waals surface area contributed by atoms with Crippen LogP contribution in [-0.2, 0) is 5.41 Å². The largest absolute Gasteiger partial charge is 0.303 e. The SMILES string of the molecule is CC(C)N(CCC(C#N)(CCN1CCCCC1)c1ccccn1)C(C)C. The van der Waals surface area contributed by atoms with Gasteiger partial charge in [-0.2, -0.15) is 5.26 Å². The van der Waals surface area contributed by atoms with E-state index < -0.39 is 5.41 Å². The van der Waals surface area contributed by atoms with Gasteiger partial charge < -0.3 is 4.90 Å². The molecule has 1 aliphatic rings. The third-order valence-corrected chi connectivity index (χ3v) is 5.80. The van der Waals surface area contributed by atoms with E-state index in [9.17, 15) is 5.26 Å². The minimum absolute atomic E-state index is 0.484. The van der Waals surface area contributed by atoms with E-state index in [2.05, 4.69) is 48.5 Å². The summed E-state index contributed by atoms with van der Waals surface area (Å²) in [6, 6.07) is 9.64. The van der Waals surface area contributed by atoms with Crippen LogP contribution in [-0.4, -0.2) is 53.0 Å². The van der Waals surface area contributed by atoms with Gasteiger partial charge >= 0.3 is 0 Å². The summed E-state index contributed by atoms with van der Waals surface area (Å²) in [5.74, 6) is 0. The van der Waals surface area contributed by atoms with Crippen LogP contribution in [0.2, 0.25) is 0 Å². The highest BCUT2D eigenvalue weighted by molar-refractivity contribution is 5.26. The quantitative estimate of drug-likeness (QED) is 0.664. The highest BCUT2D eigenvalue weighted by atomic mass is 15.2. The highest BCUT2D eigenvalue weighted by Crippen LogP contribution is 2.31. The first-order valence-electron chi connectivity index (χ1n) is 10.3. The van der Waals surface area contributed by atoms with Gasteiger partial charge in [-0.3, -0.25) is 9.88 Å². The lowest BCUT2D eigenvalue weighted by Crippen LogP contribution is -2.42. The molecule has 1 fully saturated rings. The maximum absolute atomic E-state index is 10.2. The zero-order valence-corrected chi connectivity index (χ0v) is 17.1. The molecule has 2 rings (SSSR count). The molecule has 0 aromatic carbocycles. The molecule has 26 heavy (non-hydrogen) atoms. The summed E-state index contributed by atoms with van der Waals surface area (Å²) < 4.78 is 0. The summed E-state index contributed by atoms with van der Waals surface area (Å²) in [5.41, 5.74) is 0.438. The second-order valence-electron chi connectivity index (χ2n) is 8.24. The van der Waals surface area contributed by atoms with Crippen LogP contribution in [0.25, 0.3) is 0 Å². The maximum atomic E-state index is 10.2. The van der Waals surface area contributed by atoms with Crippen molar-refractivity contribution in [2.24, 2.45) is 0 Å². The predicted octanol–water partition coefficient (Wildman–Crippen LogP) is 4.23. The molecule has 0 amide bonds. The van der Waals surface area contributed by atoms with Gasteiger partial charge in [0.15, 0.2) is 0 Å². The van der Waals surface area contributed by atoms with Crippen molar-refractivity contribution >= 4 is 0 Å². The lowest BCUT2D eigenvalue weighted by molar-refractivity contribution is 0.154. The molecule has 1 aromatic heterocycles. The minimum Gasteiger partial charge on any atom is -0.303 e. The van der Waals surface area contributed by atoms with Gasteiger partial charge in [0.2, 0.25) is 0 Å². The zero-order valence-electron chi connectivity index (χ0n) is 17.1. The molecule has 0 bridgehead atoms. The van der Waals surface area contributed by atoms with Crippen LogP contribution < -0.4 is 0 Å². The van der Waals surface area contributed by atoms with Gasteiger partial charge in [0, 0.05) is 31.4 Å². The maximum Gasteiger partial charge on any atom is 0.102 e. The van der Waals surface area contributed by atoms with Gasteiger partial charge in [0.25, 0.3) is 0 Å². The molecule has 144 valence electrons. The van der Waals surface area contributed by atoms with Crippen molar-refractivity contribution in [1.29, 1.82) is 5.26 Å². The Labute approximate surface area is 160 Å². The number of nitrogens with zero attached hydrogens (tertiary/aromatic N) is 4. The molecule has 1 unspecified atom stereocenters. The summed E-state index contributed by atoms with van der Waals surface area (Å²) in [6.45, 7) is 13.2. The number of aromatic nitrogens is 1. The molecule has 1 aliphatic heterocycles. The monoisotopic (exact) mass is 356 g/mol. The Morgan fingerprint density at radius 2 is 1.81 bits per heavy atom. The van der Waals surface area contributed by atoms with E-state index in [-0.39, 0.29) is 0 Å². The number of nitriles is 1. The second-order valence-corrected chi connectivity index (χ2v) is 8.24. The normalized spacial score (nSPS) is 18.2. The van der Waals surface area contributed by atoms with Crippen molar-refractivity contribution in [1.82, 2.24) is 14.8 Å². The van der Waals surface area contributed by atoms with Gasteiger partial charge in [0.1, 0.15) is 5.41 Å². The molecular formula is C22H36N4. The number of hydrogen-bond acceptors (Lipinski definition) is 4. The lowest BCUT2D eigenvalue weighted by Gasteiger charge is -2.36. The standard InChI is InChI=1S/C22H36N4/c1-19(2)26(20(3)4)17-12-22(18-23,21-10-6-7-13-24-21)11-16-25-14-8-5-9-15-25/h6-7,10,13,19-20H,5,8-9,11-12,14-17H2,1-4H3. The smallest absolute Gasteiger partial charge is 0.102 e. The number of pyridine rings is 1. The van der Waals surface area contributed by atoms with Gasteiger partial charge in [-0.1, -0.05) is 12.5 Å². The Hall–Kier alpha value is -1.44. The molecule has 0 aliphatic carbocycles. The number of likely N-dealkylation sites (tertiary alicyclic amines) is 1. The van der Waals surface area contributed by atoms with Crippen molar-refractivity contribution in [3.8, 4) is 6.07 Å². The number of hydrogen-bond donors (Lipinski definition) is 0. The van der Waals surface area contributed by atoms with Crippen LogP contribution in [0, 0.1) is 11.3 Å². The Bertz CT molecular complexity index is 549. The van der Waals surface area contributed by atoms with Crippen LogP contribution in [0.1, 0.15) is 65.5 Å². The van der Waals surface area contributed by atoms with E-state index in [1.165, 1.54) is 32.4 Å². The third kappa shape index (κ3) is 5.53. The van der Waals surface area contributed by atoms with Crippen molar-refractivity contribution in [2.75, 3.05) is 26.2 Å². The summed E-state index contributed by atoms with van der Waals surface area (Å²) >= 11 is 0. The molecule has 1 aromatic rings. The van der Waals surface area contributed by atoms with Crippen molar-refractivity contribution in [3.63, 3.8) is 0 Å². The topological polar surface area (TPSA) is 43.2 Å². The fourth-order valence-electron chi connectivity index (χ4n) is 4.16. The first-order chi connectivity index (χ1) is 12.5. The molecule has 2 heterocycles. The minimum atomic E-state index is -0.499. The molecule has 4 nitrogen and oxygen atoms in total. The molecule has 0 N–H and O–H groups in total. The van der Waals surface area contributed by atoms with Gasteiger partial charge in [-0.25, -0.2) is 0 Å². The Morgan fingerprint density at radius 3 is 2.35 bits per heavy atom. The Balaban J connectivity index is 2.15. The average molecular weight is 357 g/mol. The average Bonchev–Trinajstić information content (AvgIpc) is 2.65. The van der Waals surface area contributed by atoms with Crippen LogP contribution in [0.15, 0.2) is 24.4 Å². The number of piperidine rings is 1. The van der Waals surface area contributed by atoms with Crippen molar-refractivity contribution < 1.29 is 0 Å². The van der Waals surface area contributed by atoms with E-state index in [1.807, 2.05) is 24.4 Å². The summed E-state index contributed by atoms with van der Waals surface area (Å²) in [4.78, 5) is 9.60. The molecule has 0 radical (unpaired) electrons. The van der Waals surface area contributed by atoms with Crippen molar-refractivity contribution in [2.45, 2.75) is 77.3 Å². The number of rotatable bonds is 9. The first-order valence-corrected chi connectivity index (χ1v) is 10.3. The van der Waals surface area contributed by atoms with E-state index in [1.54, 1.807) is 0 Å². The zero-order chi connectivity index (χ0) is 19.0. The van der Waals surface area contributed by atoms with Gasteiger partial charge in [0.05, 0.1) is 11.8 Å². The fraction of sp³-hybridized carbons (Fsp3) is 0.727. The van der Waals surface area contributed by atoms with Crippen LogP contribution in [0.4, 0.5) is 0 Å². The molecule has 1 saturated heterocycles. The summed E-state index contributed by atoms with van der Waals surface area (Å²) in [5, 5.41) is 10.2. The van der Waals surface area contributed by atoms with Crippen LogP contribution >= 0.6 is 0 Å². The molecular weight excluding hydrogens is 320 g/mol. The van der Waals surface area contributed by atoms with Crippen LogP contribution in [0.5, 0.6) is 0 Å². The molecule has 4 heteroatoms. The Morgan fingerprint density at radius 1 is 1.12 bits per heavy atom. The molecule has 1 atom stereocenters. The van der Waals surface area contributed by atoms with E-state index >= 15 is 0 Å². The fourth-order valence-corrected chi connectivity index (χ4v) is 4.16. The van der Waals surface area contributed by atoms with Gasteiger partial charge in [-0.05, 0) is 78.6 Å². The van der Waals surface area contributed by atoms with E-state index in [0.29, 0.717) is 12.1 Å². The van der Waals surface area contributed by atoms with Crippen LogP contribution in [0.3, 0.4) is 0 Å². The molecule has 0 spiro atoms. The van der Waals surface area contributed by atoms with E-state index in [4.69, 9.17) is 0 Å². The van der Waals surface area contributed by atoms with Crippen molar-refractivity contribution in [3.05, 3.63) is 30.1 Å². The van der Waals surface area contributed by atoms with Gasteiger partial charge in [-0.15, -0.1) is 0 Å². The first kappa shape index (κ1) is 20.9.